The standard InChI is InChI=1S/C16H17N3O/c1-3-12-9-14-15(17-10-12)18-16(20)19(14)11(2)13-7-5-4-6-8-13/h4-11H,3H2,1-2H3,(H,17,18,20). The molecular weight excluding hydrogens is 250 g/mol. The number of benzene rings is 1. The first kappa shape index (κ1) is 12.7. The number of rotatable bonds is 3. The van der Waals surface area contributed by atoms with Crippen LogP contribution in [-0.4, -0.2) is 14.5 Å². The van der Waals surface area contributed by atoms with Crippen molar-refractivity contribution in [1.29, 1.82) is 0 Å². The van der Waals surface area contributed by atoms with Crippen LogP contribution in [0.4, 0.5) is 0 Å². The van der Waals surface area contributed by atoms with Crippen LogP contribution in [0.1, 0.15) is 31.0 Å². The Balaban J connectivity index is 2.20. The van der Waals surface area contributed by atoms with Crippen molar-refractivity contribution in [3.63, 3.8) is 0 Å². The van der Waals surface area contributed by atoms with Crippen LogP contribution in [0, 0.1) is 0 Å². The van der Waals surface area contributed by atoms with Gasteiger partial charge in [-0.3, -0.25) is 9.55 Å². The van der Waals surface area contributed by atoms with Crippen LogP contribution >= 0.6 is 0 Å². The molecule has 20 heavy (non-hydrogen) atoms. The van der Waals surface area contributed by atoms with Crippen molar-refractivity contribution in [2.45, 2.75) is 26.3 Å². The molecule has 0 aliphatic heterocycles. The van der Waals surface area contributed by atoms with E-state index in [-0.39, 0.29) is 11.7 Å². The Morgan fingerprint density at radius 2 is 2.05 bits per heavy atom. The van der Waals surface area contributed by atoms with Crippen LogP contribution in [0.3, 0.4) is 0 Å². The molecule has 3 aromatic rings. The molecule has 4 heteroatoms. The highest BCUT2D eigenvalue weighted by Gasteiger charge is 2.15. The zero-order valence-corrected chi connectivity index (χ0v) is 11.6. The second kappa shape index (κ2) is 4.96. The molecule has 0 saturated heterocycles. The van der Waals surface area contributed by atoms with E-state index in [0.717, 1.165) is 23.1 Å². The van der Waals surface area contributed by atoms with E-state index in [1.165, 1.54) is 0 Å². The molecule has 2 heterocycles. The lowest BCUT2D eigenvalue weighted by Crippen LogP contribution is -2.21. The first-order chi connectivity index (χ1) is 9.70. The first-order valence-electron chi connectivity index (χ1n) is 6.84. The number of hydrogen-bond donors (Lipinski definition) is 1. The van der Waals surface area contributed by atoms with Gasteiger partial charge < -0.3 is 0 Å². The number of nitrogens with zero attached hydrogens (tertiary/aromatic N) is 2. The van der Waals surface area contributed by atoms with E-state index in [1.54, 1.807) is 4.57 Å². The molecule has 2 aromatic heterocycles. The maximum atomic E-state index is 12.2. The molecule has 0 radical (unpaired) electrons. The number of imidazole rings is 1. The molecule has 0 aliphatic rings. The molecule has 0 amide bonds. The molecule has 0 spiro atoms. The molecule has 1 atom stereocenters. The fourth-order valence-electron chi connectivity index (χ4n) is 2.50. The van der Waals surface area contributed by atoms with Gasteiger partial charge >= 0.3 is 5.69 Å². The fraction of sp³-hybridized carbons (Fsp3) is 0.250. The summed E-state index contributed by atoms with van der Waals surface area (Å²) in [4.78, 5) is 19.4. The summed E-state index contributed by atoms with van der Waals surface area (Å²) >= 11 is 0. The monoisotopic (exact) mass is 267 g/mol. The van der Waals surface area contributed by atoms with Crippen LogP contribution < -0.4 is 5.69 Å². The second-order valence-electron chi connectivity index (χ2n) is 4.95. The lowest BCUT2D eigenvalue weighted by atomic mass is 10.1. The van der Waals surface area contributed by atoms with Gasteiger partial charge in [0.15, 0.2) is 5.65 Å². The Morgan fingerprint density at radius 3 is 2.75 bits per heavy atom. The third kappa shape index (κ3) is 2.03. The molecule has 1 N–H and O–H groups in total. The SMILES string of the molecule is CCc1cnc2[nH]c(=O)n(C(C)c3ccccc3)c2c1. The van der Waals surface area contributed by atoms with Crippen molar-refractivity contribution in [3.8, 4) is 0 Å². The highest BCUT2D eigenvalue weighted by atomic mass is 16.1. The number of H-pyrrole nitrogens is 1. The summed E-state index contributed by atoms with van der Waals surface area (Å²) in [5, 5.41) is 0. The normalized spacial score (nSPS) is 12.7. The van der Waals surface area contributed by atoms with E-state index in [9.17, 15) is 4.79 Å². The highest BCUT2D eigenvalue weighted by molar-refractivity contribution is 5.71. The Bertz CT molecular complexity index is 786. The largest absolute Gasteiger partial charge is 0.328 e. The fourth-order valence-corrected chi connectivity index (χ4v) is 2.50. The van der Waals surface area contributed by atoms with Crippen LogP contribution in [0.25, 0.3) is 11.2 Å². The Labute approximate surface area is 117 Å². The van der Waals surface area contributed by atoms with E-state index in [4.69, 9.17) is 0 Å². The molecular formula is C16H17N3O. The predicted molar refractivity (Wildman–Crippen MR) is 80.0 cm³/mol. The third-order valence-electron chi connectivity index (χ3n) is 3.71. The summed E-state index contributed by atoms with van der Waals surface area (Å²) in [5.41, 5.74) is 3.64. The van der Waals surface area contributed by atoms with Gasteiger partial charge in [-0.1, -0.05) is 37.3 Å². The van der Waals surface area contributed by atoms with Crippen molar-refractivity contribution in [2.75, 3.05) is 0 Å². The van der Waals surface area contributed by atoms with Crippen molar-refractivity contribution in [1.82, 2.24) is 14.5 Å². The Morgan fingerprint density at radius 1 is 1.30 bits per heavy atom. The molecule has 3 rings (SSSR count). The number of hydrogen-bond acceptors (Lipinski definition) is 2. The summed E-state index contributed by atoms with van der Waals surface area (Å²) in [6, 6.07) is 12.0. The molecule has 0 aliphatic carbocycles. The number of fused-ring (bicyclic) bond motifs is 1. The van der Waals surface area contributed by atoms with E-state index < -0.39 is 0 Å². The van der Waals surface area contributed by atoms with E-state index in [2.05, 4.69) is 16.9 Å². The lowest BCUT2D eigenvalue weighted by Gasteiger charge is -2.14. The quantitative estimate of drug-likeness (QED) is 0.793. The van der Waals surface area contributed by atoms with Gasteiger partial charge in [-0.15, -0.1) is 0 Å². The summed E-state index contributed by atoms with van der Waals surface area (Å²) in [6.45, 7) is 4.11. The smallest absolute Gasteiger partial charge is 0.290 e. The Hall–Kier alpha value is -2.36. The van der Waals surface area contributed by atoms with Crippen molar-refractivity contribution in [2.24, 2.45) is 0 Å². The molecule has 0 saturated carbocycles. The topological polar surface area (TPSA) is 50.7 Å². The van der Waals surface area contributed by atoms with Gasteiger partial charge in [-0.2, -0.15) is 0 Å². The highest BCUT2D eigenvalue weighted by Crippen LogP contribution is 2.20. The minimum absolute atomic E-state index is 0.0219. The third-order valence-corrected chi connectivity index (χ3v) is 3.71. The maximum Gasteiger partial charge on any atom is 0.328 e. The summed E-state index contributed by atoms with van der Waals surface area (Å²) in [5.74, 6) is 0. The summed E-state index contributed by atoms with van der Waals surface area (Å²) in [6.07, 6.45) is 2.72. The summed E-state index contributed by atoms with van der Waals surface area (Å²) < 4.78 is 1.77. The van der Waals surface area contributed by atoms with Crippen LogP contribution in [0.2, 0.25) is 0 Å². The van der Waals surface area contributed by atoms with E-state index in [0.29, 0.717) is 5.65 Å². The van der Waals surface area contributed by atoms with Crippen molar-refractivity contribution in [3.05, 3.63) is 64.2 Å². The van der Waals surface area contributed by atoms with Crippen molar-refractivity contribution >= 4 is 11.2 Å². The predicted octanol–water partition coefficient (Wildman–Crippen LogP) is 2.90. The number of pyridine rings is 1. The van der Waals surface area contributed by atoms with Gasteiger partial charge in [0.25, 0.3) is 0 Å². The van der Waals surface area contributed by atoms with Gasteiger partial charge in [0, 0.05) is 6.20 Å². The van der Waals surface area contributed by atoms with Gasteiger partial charge in [0.2, 0.25) is 0 Å². The van der Waals surface area contributed by atoms with Gasteiger partial charge in [-0.25, -0.2) is 9.78 Å². The number of aryl methyl sites for hydroxylation is 1. The van der Waals surface area contributed by atoms with E-state index >= 15 is 0 Å². The van der Waals surface area contributed by atoms with Gasteiger partial charge in [-0.05, 0) is 30.5 Å². The number of aromatic nitrogens is 3. The minimum atomic E-state index is -0.114. The van der Waals surface area contributed by atoms with Gasteiger partial charge in [0.1, 0.15) is 0 Å². The molecule has 4 nitrogen and oxygen atoms in total. The maximum absolute atomic E-state index is 12.2. The average molecular weight is 267 g/mol. The zero-order chi connectivity index (χ0) is 14.1. The minimum Gasteiger partial charge on any atom is -0.290 e. The van der Waals surface area contributed by atoms with Crippen LogP contribution in [0.5, 0.6) is 0 Å². The number of aromatic amines is 1. The summed E-state index contributed by atoms with van der Waals surface area (Å²) in [7, 11) is 0. The molecule has 0 fully saturated rings. The van der Waals surface area contributed by atoms with E-state index in [1.807, 2.05) is 49.5 Å². The van der Waals surface area contributed by atoms with Crippen LogP contribution in [0.15, 0.2) is 47.4 Å². The Kier molecular flexibility index (Phi) is 3.14. The van der Waals surface area contributed by atoms with Crippen molar-refractivity contribution < 1.29 is 0 Å². The number of nitrogens with one attached hydrogen (secondary N) is 1. The molecule has 102 valence electrons. The lowest BCUT2D eigenvalue weighted by molar-refractivity contribution is 0.635. The average Bonchev–Trinajstić information content (AvgIpc) is 2.82. The molecule has 1 unspecified atom stereocenters. The van der Waals surface area contributed by atoms with Crippen LogP contribution in [-0.2, 0) is 6.42 Å². The molecule has 1 aromatic carbocycles. The zero-order valence-electron chi connectivity index (χ0n) is 11.6. The molecule has 0 bridgehead atoms. The first-order valence-corrected chi connectivity index (χ1v) is 6.84. The van der Waals surface area contributed by atoms with Gasteiger partial charge in [0.05, 0.1) is 11.6 Å². The second-order valence-corrected chi connectivity index (χ2v) is 4.95.